The lowest BCUT2D eigenvalue weighted by Gasteiger charge is -2.39. The number of hydrogen-bond donors (Lipinski definition) is 0. The minimum Gasteiger partial charge on any atom is -0.341 e. The maximum Gasteiger partial charge on any atom is 0.477 e. The highest BCUT2D eigenvalue weighted by molar-refractivity contribution is 7.48. The van der Waals surface area contributed by atoms with E-state index in [1.807, 2.05) is 5.38 Å². The Hall–Kier alpha value is -3.37. The topological polar surface area (TPSA) is 121 Å². The number of ether oxygens (including phenoxy) is 1. The second-order valence-electron chi connectivity index (χ2n) is 12.3. The first-order valence-electron chi connectivity index (χ1n) is 14.1. The molecule has 0 N–H and O–H groups in total. The number of halogens is 2. The minimum absolute atomic E-state index is 0.00562. The highest BCUT2D eigenvalue weighted by Crippen LogP contribution is 2.56. The van der Waals surface area contributed by atoms with Crippen molar-refractivity contribution >= 4 is 19.2 Å². The van der Waals surface area contributed by atoms with Gasteiger partial charge in [0.05, 0.1) is 40.1 Å². The largest absolute Gasteiger partial charge is 0.477 e. The smallest absolute Gasteiger partial charge is 0.341 e. The van der Waals surface area contributed by atoms with Crippen molar-refractivity contribution < 1.29 is 31.7 Å². The number of thiazole rings is 1. The van der Waals surface area contributed by atoms with Crippen LogP contribution in [0.3, 0.4) is 0 Å². The lowest BCUT2D eigenvalue weighted by atomic mass is 9.81. The van der Waals surface area contributed by atoms with E-state index in [4.69, 9.17) is 28.6 Å². The molecule has 0 radical (unpaired) electrons. The van der Waals surface area contributed by atoms with Gasteiger partial charge in [0.1, 0.15) is 29.9 Å². The highest BCUT2D eigenvalue weighted by atomic mass is 32.1. The van der Waals surface area contributed by atoms with E-state index in [0.29, 0.717) is 16.3 Å². The van der Waals surface area contributed by atoms with Gasteiger partial charge in [-0.05, 0) is 59.7 Å². The molecule has 2 atom stereocenters. The molecule has 4 rings (SSSR count). The fourth-order valence-corrected chi connectivity index (χ4v) is 7.20. The fraction of sp³-hybridized carbons (Fsp3) is 0.419. The zero-order valence-electron chi connectivity index (χ0n) is 26.2. The first-order chi connectivity index (χ1) is 21.0. The van der Waals surface area contributed by atoms with Crippen molar-refractivity contribution in [1.29, 1.82) is 5.26 Å². The molecule has 14 heteroatoms. The second kappa shape index (κ2) is 13.5. The molecule has 0 spiro atoms. The van der Waals surface area contributed by atoms with Gasteiger partial charge in [0.2, 0.25) is 0 Å². The molecule has 0 bridgehead atoms. The van der Waals surface area contributed by atoms with Crippen molar-refractivity contribution in [3.05, 3.63) is 88.3 Å². The van der Waals surface area contributed by atoms with Gasteiger partial charge >= 0.3 is 7.82 Å². The van der Waals surface area contributed by atoms with Crippen molar-refractivity contribution in [2.24, 2.45) is 0 Å². The number of aromatic nitrogens is 4. The number of hydrogen-bond acceptors (Lipinski definition) is 10. The molecule has 2 heterocycles. The molecular formula is C31H36F2N5O5PS. The minimum atomic E-state index is -4.22. The van der Waals surface area contributed by atoms with Gasteiger partial charge in [-0.2, -0.15) is 10.4 Å². The molecule has 0 saturated heterocycles. The number of rotatable bonds is 12. The molecule has 2 aromatic carbocycles. The van der Waals surface area contributed by atoms with E-state index in [1.165, 1.54) is 34.7 Å². The van der Waals surface area contributed by atoms with Crippen LogP contribution in [0.1, 0.15) is 70.5 Å². The van der Waals surface area contributed by atoms with E-state index in [2.05, 4.69) is 16.2 Å². The Morgan fingerprint density at radius 3 is 2.27 bits per heavy atom. The van der Waals surface area contributed by atoms with Crippen LogP contribution >= 0.6 is 19.2 Å². The lowest BCUT2D eigenvalue weighted by Crippen LogP contribution is -2.41. The maximum atomic E-state index is 15.7. The van der Waals surface area contributed by atoms with Crippen LogP contribution < -0.4 is 0 Å². The van der Waals surface area contributed by atoms with Gasteiger partial charge in [0.25, 0.3) is 0 Å². The van der Waals surface area contributed by atoms with Crippen LogP contribution in [0.4, 0.5) is 8.78 Å². The summed E-state index contributed by atoms with van der Waals surface area (Å²) in [7, 11) is -4.22. The van der Waals surface area contributed by atoms with Gasteiger partial charge in [0.15, 0.2) is 6.79 Å². The number of nitriles is 1. The molecule has 2 aromatic heterocycles. The molecular weight excluding hydrogens is 623 g/mol. The third kappa shape index (κ3) is 8.88. The molecule has 0 amide bonds. The summed E-state index contributed by atoms with van der Waals surface area (Å²) in [6.45, 7) is 11.2. The predicted molar refractivity (Wildman–Crippen MR) is 165 cm³/mol. The van der Waals surface area contributed by atoms with E-state index in [1.54, 1.807) is 72.7 Å². The van der Waals surface area contributed by atoms with E-state index in [0.717, 1.165) is 17.7 Å². The Kier molecular flexibility index (Phi) is 10.4. The van der Waals surface area contributed by atoms with Gasteiger partial charge < -0.3 is 4.74 Å². The number of nitrogens with zero attached hydrogens (tertiary/aromatic N) is 5. The van der Waals surface area contributed by atoms with Crippen LogP contribution in [-0.2, 0) is 35.0 Å². The van der Waals surface area contributed by atoms with Crippen LogP contribution in [0, 0.1) is 23.0 Å². The molecule has 2 unspecified atom stereocenters. The highest BCUT2D eigenvalue weighted by Gasteiger charge is 2.46. The predicted octanol–water partition coefficient (Wildman–Crippen LogP) is 7.98. The molecule has 4 aromatic rings. The molecule has 240 valence electrons. The van der Waals surface area contributed by atoms with Crippen molar-refractivity contribution in [2.45, 2.75) is 77.7 Å². The average molecular weight is 660 g/mol. The number of phosphoric ester groups is 1. The van der Waals surface area contributed by atoms with Crippen molar-refractivity contribution in [2.75, 3.05) is 6.79 Å². The third-order valence-corrected chi connectivity index (χ3v) is 9.44. The van der Waals surface area contributed by atoms with Crippen molar-refractivity contribution in [3.8, 4) is 17.3 Å². The summed E-state index contributed by atoms with van der Waals surface area (Å²) in [5, 5.41) is 15.8. The summed E-state index contributed by atoms with van der Waals surface area (Å²) in [4.78, 5) is 8.84. The molecule has 10 nitrogen and oxygen atoms in total. The van der Waals surface area contributed by atoms with Crippen LogP contribution in [0.25, 0.3) is 11.3 Å². The summed E-state index contributed by atoms with van der Waals surface area (Å²) < 4.78 is 68.8. The normalized spacial score (nSPS) is 14.6. The van der Waals surface area contributed by atoms with Gasteiger partial charge in [-0.1, -0.05) is 25.1 Å². The Bertz CT molecular complexity index is 1660. The van der Waals surface area contributed by atoms with Crippen LogP contribution in [0.2, 0.25) is 0 Å². The van der Waals surface area contributed by atoms with Gasteiger partial charge in [0, 0.05) is 28.5 Å². The molecule has 0 aliphatic rings. The Morgan fingerprint density at radius 2 is 1.71 bits per heavy atom. The van der Waals surface area contributed by atoms with Crippen molar-refractivity contribution in [1.82, 2.24) is 19.7 Å². The zero-order chi connectivity index (χ0) is 33.0. The lowest BCUT2D eigenvalue weighted by molar-refractivity contribution is -0.148. The van der Waals surface area contributed by atoms with E-state index >= 15 is 4.39 Å². The van der Waals surface area contributed by atoms with E-state index in [-0.39, 0.29) is 12.1 Å². The quantitative estimate of drug-likeness (QED) is 0.110. The molecule has 45 heavy (non-hydrogen) atoms. The van der Waals surface area contributed by atoms with Gasteiger partial charge in [-0.15, -0.1) is 11.3 Å². The standard InChI is InChI=1S/C31H36F2N5O5PS/c1-21(28-37-27(16-45-28)23-10-8-22(15-34)9-11-23)31(17-38-19-35-18-36-38,25-13-12-24(32)14-26(25)33)40-20-41-44(39,42-29(2,3)4)43-30(5,6)7/h8-14,16,18-19,21H,17,20H2,1-7H3. The Labute approximate surface area is 265 Å². The molecule has 0 aliphatic heterocycles. The molecule has 0 saturated carbocycles. The second-order valence-corrected chi connectivity index (χ2v) is 14.7. The van der Waals surface area contributed by atoms with Gasteiger partial charge in [-0.25, -0.2) is 28.0 Å². The SMILES string of the molecule is CC(c1nc(-c2ccc(C#N)cc2)cs1)C(Cn1cncn1)(OCOP(=O)(OC(C)(C)C)OC(C)(C)C)c1ccc(F)cc1F. The van der Waals surface area contributed by atoms with Crippen molar-refractivity contribution in [3.63, 3.8) is 0 Å². The monoisotopic (exact) mass is 659 g/mol. The number of phosphoric acid groups is 1. The summed E-state index contributed by atoms with van der Waals surface area (Å²) in [5.41, 5.74) is -1.53. The van der Waals surface area contributed by atoms with E-state index in [9.17, 15) is 8.96 Å². The maximum absolute atomic E-state index is 15.7. The Balaban J connectivity index is 1.79. The average Bonchev–Trinajstić information content (AvgIpc) is 3.63. The summed E-state index contributed by atoms with van der Waals surface area (Å²) >= 11 is 1.32. The third-order valence-electron chi connectivity index (χ3n) is 6.45. The summed E-state index contributed by atoms with van der Waals surface area (Å²) in [5.74, 6) is -2.34. The zero-order valence-corrected chi connectivity index (χ0v) is 27.9. The first kappa shape index (κ1) is 34.5. The van der Waals surface area contributed by atoms with Crippen LogP contribution in [0.15, 0.2) is 60.5 Å². The van der Waals surface area contributed by atoms with E-state index < -0.39 is 49.0 Å². The fourth-order valence-electron chi connectivity index (χ4n) is 4.56. The summed E-state index contributed by atoms with van der Waals surface area (Å²) in [6.07, 6.45) is 2.76. The molecule has 0 aliphatic carbocycles. The first-order valence-corrected chi connectivity index (χ1v) is 16.4. The molecule has 0 fully saturated rings. The van der Waals surface area contributed by atoms with Crippen LogP contribution in [-0.4, -0.2) is 37.7 Å². The number of benzene rings is 2. The summed E-state index contributed by atoms with van der Waals surface area (Å²) in [6, 6.07) is 12.2. The van der Waals surface area contributed by atoms with Gasteiger partial charge in [-0.3, -0.25) is 13.6 Å². The Morgan fingerprint density at radius 1 is 1.04 bits per heavy atom. The van der Waals surface area contributed by atoms with Crippen LogP contribution in [0.5, 0.6) is 0 Å².